The Morgan fingerprint density at radius 3 is 2.84 bits per heavy atom. The van der Waals surface area contributed by atoms with Gasteiger partial charge < -0.3 is 14.8 Å². The van der Waals surface area contributed by atoms with Gasteiger partial charge in [0.25, 0.3) is 0 Å². The first-order valence-corrected chi connectivity index (χ1v) is 12.6. The lowest BCUT2D eigenvalue weighted by Gasteiger charge is -2.26. The summed E-state index contributed by atoms with van der Waals surface area (Å²) in [6, 6.07) is 5.50. The molecule has 1 N–H and O–H groups in total. The molecule has 1 unspecified atom stereocenters. The van der Waals surface area contributed by atoms with Crippen molar-refractivity contribution in [2.45, 2.75) is 51.5 Å². The van der Waals surface area contributed by atoms with Gasteiger partial charge in [0.05, 0.1) is 12.3 Å². The molecule has 25 heavy (non-hydrogen) atoms. The number of ether oxygens (including phenoxy) is 2. The molecular formula is C17H29N5O2Si. The predicted molar refractivity (Wildman–Crippen MR) is 99.6 cm³/mol. The lowest BCUT2D eigenvalue weighted by Crippen LogP contribution is -2.40. The number of nitrogens with zero attached hydrogens (tertiary/aromatic N) is 4. The lowest BCUT2D eigenvalue weighted by molar-refractivity contribution is 0.00434. The second-order valence-corrected chi connectivity index (χ2v) is 13.5. The van der Waals surface area contributed by atoms with Crippen molar-refractivity contribution in [1.29, 1.82) is 0 Å². The van der Waals surface area contributed by atoms with Crippen LogP contribution in [0, 0.1) is 0 Å². The van der Waals surface area contributed by atoms with Crippen LogP contribution in [0.4, 0.5) is 0 Å². The maximum atomic E-state index is 5.84. The summed E-state index contributed by atoms with van der Waals surface area (Å²) in [6.45, 7) is 11.9. The van der Waals surface area contributed by atoms with Crippen molar-refractivity contribution in [2.24, 2.45) is 0 Å². The van der Waals surface area contributed by atoms with Crippen molar-refractivity contribution in [3.63, 3.8) is 0 Å². The third-order valence-corrected chi connectivity index (χ3v) is 5.92. The van der Waals surface area contributed by atoms with Gasteiger partial charge in [0.15, 0.2) is 5.82 Å². The van der Waals surface area contributed by atoms with Crippen LogP contribution in [-0.2, 0) is 16.2 Å². The number of rotatable bonds is 7. The minimum atomic E-state index is -1.05. The van der Waals surface area contributed by atoms with Crippen LogP contribution in [0.25, 0.3) is 5.82 Å². The number of morpholine rings is 1. The molecule has 0 aliphatic carbocycles. The van der Waals surface area contributed by atoms with E-state index in [4.69, 9.17) is 9.47 Å². The van der Waals surface area contributed by atoms with Crippen molar-refractivity contribution >= 4 is 8.07 Å². The molecule has 3 heterocycles. The summed E-state index contributed by atoms with van der Waals surface area (Å²) in [7, 11) is -1.05. The first-order valence-electron chi connectivity index (χ1n) is 8.93. The Morgan fingerprint density at radius 2 is 2.12 bits per heavy atom. The smallest absolute Gasteiger partial charge is 0.175 e. The third-order valence-electron chi connectivity index (χ3n) is 4.22. The Morgan fingerprint density at radius 1 is 1.28 bits per heavy atom. The van der Waals surface area contributed by atoms with Crippen molar-refractivity contribution < 1.29 is 9.47 Å². The van der Waals surface area contributed by atoms with Crippen molar-refractivity contribution in [3.05, 3.63) is 30.2 Å². The summed E-state index contributed by atoms with van der Waals surface area (Å²) >= 11 is 0. The average molecular weight is 364 g/mol. The van der Waals surface area contributed by atoms with E-state index < -0.39 is 8.07 Å². The molecule has 2 aromatic heterocycles. The van der Waals surface area contributed by atoms with Crippen LogP contribution in [0.15, 0.2) is 24.5 Å². The zero-order valence-electron chi connectivity index (χ0n) is 15.6. The Kier molecular flexibility index (Phi) is 5.73. The Balaban J connectivity index is 1.54. The monoisotopic (exact) mass is 363 g/mol. The zero-order chi connectivity index (χ0) is 17.9. The Labute approximate surface area is 150 Å². The van der Waals surface area contributed by atoms with E-state index in [1.165, 1.54) is 0 Å². The topological polar surface area (TPSA) is 66.1 Å². The minimum Gasteiger partial charge on any atom is -0.369 e. The van der Waals surface area contributed by atoms with E-state index in [9.17, 15) is 0 Å². The highest BCUT2D eigenvalue weighted by Crippen LogP contribution is 2.19. The molecule has 1 fully saturated rings. The average Bonchev–Trinajstić information content (AvgIpc) is 3.20. The number of hydrogen-bond acceptors (Lipinski definition) is 5. The molecule has 2 aromatic rings. The van der Waals surface area contributed by atoms with Gasteiger partial charge in [-0.1, -0.05) is 19.6 Å². The summed E-state index contributed by atoms with van der Waals surface area (Å²) in [5, 5.41) is 12.6. The fourth-order valence-electron chi connectivity index (χ4n) is 2.60. The van der Waals surface area contributed by atoms with Gasteiger partial charge in [0, 0.05) is 45.7 Å². The molecule has 7 nitrogen and oxygen atoms in total. The zero-order valence-corrected chi connectivity index (χ0v) is 16.6. The van der Waals surface area contributed by atoms with E-state index in [2.05, 4.69) is 42.1 Å². The summed E-state index contributed by atoms with van der Waals surface area (Å²) in [6.07, 6.45) is 3.85. The third kappa shape index (κ3) is 5.24. The van der Waals surface area contributed by atoms with Crippen molar-refractivity contribution in [2.75, 3.05) is 19.8 Å². The van der Waals surface area contributed by atoms with Gasteiger partial charge in [-0.15, -0.1) is 0 Å². The van der Waals surface area contributed by atoms with Gasteiger partial charge in [-0.25, -0.2) is 9.36 Å². The molecule has 2 atom stereocenters. The predicted octanol–water partition coefficient (Wildman–Crippen LogP) is 2.43. The minimum absolute atomic E-state index is 0.00411. The maximum absolute atomic E-state index is 5.84. The van der Waals surface area contributed by atoms with Crippen LogP contribution in [-0.4, -0.2) is 53.4 Å². The van der Waals surface area contributed by atoms with Gasteiger partial charge >= 0.3 is 0 Å². The fourth-order valence-corrected chi connectivity index (χ4v) is 3.35. The normalized spacial score (nSPS) is 21.6. The molecule has 1 aliphatic heterocycles. The van der Waals surface area contributed by atoms with E-state index >= 15 is 0 Å². The van der Waals surface area contributed by atoms with Crippen molar-refractivity contribution in [3.8, 4) is 5.82 Å². The quantitative estimate of drug-likeness (QED) is 0.604. The molecule has 0 radical (unpaired) electrons. The Hall–Kier alpha value is -1.48. The Bertz CT molecular complexity index is 671. The van der Waals surface area contributed by atoms with E-state index in [0.29, 0.717) is 19.4 Å². The molecule has 0 amide bonds. The standard InChI is InChI=1S/C17H29N5O2Si/c1-14-12-24-16(11-18-14)15-5-8-22(19-15)17-6-7-21(20-17)13-23-9-10-25(2,3)4/h5-8,14,16,18H,9-13H2,1-4H3/t14-,16?/m1/s1. The molecule has 138 valence electrons. The van der Waals surface area contributed by atoms with E-state index in [1.807, 2.05) is 24.5 Å². The summed E-state index contributed by atoms with van der Waals surface area (Å²) in [5.41, 5.74) is 0.931. The molecule has 3 rings (SSSR count). The van der Waals surface area contributed by atoms with Gasteiger partial charge in [-0.05, 0) is 19.0 Å². The summed E-state index contributed by atoms with van der Waals surface area (Å²) in [4.78, 5) is 0. The van der Waals surface area contributed by atoms with Crippen LogP contribution in [0.5, 0.6) is 0 Å². The van der Waals surface area contributed by atoms with E-state index in [1.54, 1.807) is 9.36 Å². The number of nitrogens with one attached hydrogen (secondary N) is 1. The second kappa shape index (κ2) is 7.82. The largest absolute Gasteiger partial charge is 0.369 e. The maximum Gasteiger partial charge on any atom is 0.175 e. The summed E-state index contributed by atoms with van der Waals surface area (Å²) < 4.78 is 15.2. The lowest BCUT2D eigenvalue weighted by atomic mass is 10.2. The van der Waals surface area contributed by atoms with Gasteiger partial charge in [0.1, 0.15) is 12.8 Å². The first-order chi connectivity index (χ1) is 11.9. The highest BCUT2D eigenvalue weighted by molar-refractivity contribution is 6.76. The number of hydrogen-bond donors (Lipinski definition) is 1. The van der Waals surface area contributed by atoms with Gasteiger partial charge in [0.2, 0.25) is 0 Å². The molecule has 0 spiro atoms. The molecule has 0 saturated carbocycles. The molecule has 1 saturated heterocycles. The van der Waals surface area contributed by atoms with Gasteiger partial charge in [-0.3, -0.25) is 0 Å². The highest BCUT2D eigenvalue weighted by Gasteiger charge is 2.22. The number of aromatic nitrogens is 4. The molecule has 0 bridgehead atoms. The van der Waals surface area contributed by atoms with Crippen LogP contribution in [0.1, 0.15) is 18.7 Å². The second-order valence-electron chi connectivity index (χ2n) is 7.88. The van der Waals surface area contributed by atoms with Crippen LogP contribution >= 0.6 is 0 Å². The van der Waals surface area contributed by atoms with Gasteiger partial charge in [-0.2, -0.15) is 10.2 Å². The molecule has 8 heteroatoms. The fraction of sp³-hybridized carbons (Fsp3) is 0.647. The molecular weight excluding hydrogens is 334 g/mol. The van der Waals surface area contributed by atoms with E-state index in [-0.39, 0.29) is 6.10 Å². The first kappa shape index (κ1) is 18.3. The van der Waals surface area contributed by atoms with Crippen molar-refractivity contribution in [1.82, 2.24) is 24.9 Å². The SMILES string of the molecule is C[C@@H]1COC(c2ccn(-c3ccn(COCC[Si](C)(C)C)n3)n2)CN1. The molecule has 0 aromatic carbocycles. The summed E-state index contributed by atoms with van der Waals surface area (Å²) in [5.74, 6) is 0.789. The van der Waals surface area contributed by atoms with E-state index in [0.717, 1.165) is 30.7 Å². The highest BCUT2D eigenvalue weighted by atomic mass is 28.3. The van der Waals surface area contributed by atoms with Crippen LogP contribution < -0.4 is 5.32 Å². The van der Waals surface area contributed by atoms with Crippen LogP contribution in [0.2, 0.25) is 25.7 Å². The van der Waals surface area contributed by atoms with Crippen LogP contribution in [0.3, 0.4) is 0 Å². The molecule has 1 aliphatic rings.